The van der Waals surface area contributed by atoms with E-state index < -0.39 is 0 Å². The van der Waals surface area contributed by atoms with Gasteiger partial charge in [0.15, 0.2) is 0 Å². The molecule has 122 valence electrons. The molecule has 3 rings (SSSR count). The molecule has 3 heterocycles. The summed E-state index contributed by atoms with van der Waals surface area (Å²) < 4.78 is 0. The van der Waals surface area contributed by atoms with Crippen molar-refractivity contribution in [3.63, 3.8) is 0 Å². The van der Waals surface area contributed by atoms with Crippen molar-refractivity contribution in [1.82, 2.24) is 20.0 Å². The number of piperazine rings is 1. The van der Waals surface area contributed by atoms with Crippen molar-refractivity contribution in [2.75, 3.05) is 59.4 Å². The van der Waals surface area contributed by atoms with Crippen molar-refractivity contribution in [1.29, 1.82) is 0 Å². The number of nitrogens with zero attached hydrogens (tertiary/aromatic N) is 3. The van der Waals surface area contributed by atoms with Gasteiger partial charge in [0.1, 0.15) is 0 Å². The third-order valence-electron chi connectivity index (χ3n) is 5.96. The maximum Gasteiger partial charge on any atom is 0.0264 e. The molecule has 0 aliphatic carbocycles. The van der Waals surface area contributed by atoms with E-state index in [9.17, 15) is 0 Å². The van der Waals surface area contributed by atoms with Crippen molar-refractivity contribution in [3.05, 3.63) is 0 Å². The van der Waals surface area contributed by atoms with E-state index in [0.29, 0.717) is 0 Å². The summed E-state index contributed by atoms with van der Waals surface area (Å²) in [5, 5.41) is 3.66. The van der Waals surface area contributed by atoms with E-state index >= 15 is 0 Å². The van der Waals surface area contributed by atoms with Gasteiger partial charge in [-0.2, -0.15) is 0 Å². The highest BCUT2D eigenvalue weighted by Crippen LogP contribution is 2.26. The van der Waals surface area contributed by atoms with Gasteiger partial charge in [0, 0.05) is 51.4 Å². The predicted octanol–water partition coefficient (Wildman–Crippen LogP) is 1.09. The van der Waals surface area contributed by atoms with Crippen molar-refractivity contribution in [3.8, 4) is 0 Å². The Morgan fingerprint density at radius 3 is 2.57 bits per heavy atom. The molecule has 1 N–H and O–H groups in total. The van der Waals surface area contributed by atoms with Crippen LogP contribution in [-0.4, -0.2) is 86.2 Å². The van der Waals surface area contributed by atoms with Crippen LogP contribution in [0.15, 0.2) is 0 Å². The van der Waals surface area contributed by atoms with Crippen LogP contribution in [0.2, 0.25) is 0 Å². The number of nitrogens with one attached hydrogen (secondary N) is 1. The van der Waals surface area contributed by atoms with Crippen molar-refractivity contribution in [2.45, 2.75) is 44.7 Å². The zero-order chi connectivity index (χ0) is 14.7. The van der Waals surface area contributed by atoms with Crippen LogP contribution in [0.1, 0.15) is 32.6 Å². The quantitative estimate of drug-likeness (QED) is 0.841. The molecular weight excluding hydrogens is 260 g/mol. The first kappa shape index (κ1) is 15.7. The second kappa shape index (κ2) is 7.40. The molecular formula is C17H34N4. The predicted molar refractivity (Wildman–Crippen MR) is 88.7 cm³/mol. The first-order chi connectivity index (χ1) is 10.2. The van der Waals surface area contributed by atoms with Crippen molar-refractivity contribution >= 4 is 0 Å². The van der Waals surface area contributed by atoms with Crippen LogP contribution in [0, 0.1) is 5.92 Å². The monoisotopic (exact) mass is 294 g/mol. The molecule has 3 aliphatic rings. The number of likely N-dealkylation sites (N-methyl/N-ethyl adjacent to an activating group) is 1. The molecule has 4 heteroatoms. The molecule has 3 unspecified atom stereocenters. The molecule has 0 aromatic heterocycles. The van der Waals surface area contributed by atoms with Gasteiger partial charge in [0.2, 0.25) is 0 Å². The van der Waals surface area contributed by atoms with Gasteiger partial charge in [-0.25, -0.2) is 0 Å². The Labute approximate surface area is 130 Å². The molecule has 3 aliphatic heterocycles. The first-order valence-corrected chi connectivity index (χ1v) is 9.11. The van der Waals surface area contributed by atoms with Crippen LogP contribution >= 0.6 is 0 Å². The lowest BCUT2D eigenvalue weighted by Crippen LogP contribution is -2.58. The number of hydrogen-bond acceptors (Lipinski definition) is 4. The Hall–Kier alpha value is -0.160. The summed E-state index contributed by atoms with van der Waals surface area (Å²) in [6, 6.07) is 1.56. The molecule has 3 atom stereocenters. The molecule has 0 radical (unpaired) electrons. The SMILES string of the molecule is CC1CCCCN1C1CNCCC1CN1CCN(C)CC1. The van der Waals surface area contributed by atoms with E-state index in [-0.39, 0.29) is 0 Å². The Kier molecular flexibility index (Phi) is 5.54. The molecule has 4 nitrogen and oxygen atoms in total. The number of hydrogen-bond donors (Lipinski definition) is 1. The van der Waals surface area contributed by atoms with Crippen LogP contribution in [0.4, 0.5) is 0 Å². The fourth-order valence-corrected chi connectivity index (χ4v) is 4.47. The highest BCUT2D eigenvalue weighted by atomic mass is 15.3. The highest BCUT2D eigenvalue weighted by Gasteiger charge is 2.34. The van der Waals surface area contributed by atoms with E-state index in [1.807, 2.05) is 0 Å². The average molecular weight is 294 g/mol. The molecule has 0 aromatic carbocycles. The third-order valence-corrected chi connectivity index (χ3v) is 5.96. The number of likely N-dealkylation sites (tertiary alicyclic amines) is 1. The lowest BCUT2D eigenvalue weighted by molar-refractivity contribution is 0.0316. The molecule has 3 fully saturated rings. The molecule has 3 saturated heterocycles. The van der Waals surface area contributed by atoms with Gasteiger partial charge in [-0.1, -0.05) is 6.42 Å². The number of rotatable bonds is 3. The van der Waals surface area contributed by atoms with Gasteiger partial charge in [-0.3, -0.25) is 4.90 Å². The minimum Gasteiger partial charge on any atom is -0.315 e. The largest absolute Gasteiger partial charge is 0.315 e. The molecule has 0 saturated carbocycles. The summed E-state index contributed by atoms with van der Waals surface area (Å²) in [6.07, 6.45) is 5.60. The van der Waals surface area contributed by atoms with Gasteiger partial charge in [-0.15, -0.1) is 0 Å². The Bertz CT molecular complexity index is 314. The second-order valence-electron chi connectivity index (χ2n) is 7.51. The zero-order valence-corrected chi connectivity index (χ0v) is 14.1. The van der Waals surface area contributed by atoms with E-state index in [1.54, 1.807) is 0 Å². The Morgan fingerprint density at radius 2 is 1.81 bits per heavy atom. The Balaban J connectivity index is 1.58. The van der Waals surface area contributed by atoms with E-state index in [2.05, 4.69) is 34.0 Å². The van der Waals surface area contributed by atoms with Crippen LogP contribution in [0.25, 0.3) is 0 Å². The lowest BCUT2D eigenvalue weighted by atomic mass is 9.87. The van der Waals surface area contributed by atoms with Crippen LogP contribution < -0.4 is 5.32 Å². The Morgan fingerprint density at radius 1 is 1.00 bits per heavy atom. The smallest absolute Gasteiger partial charge is 0.0264 e. The van der Waals surface area contributed by atoms with Gasteiger partial charge in [0.25, 0.3) is 0 Å². The van der Waals surface area contributed by atoms with E-state index in [1.165, 1.54) is 78.0 Å². The van der Waals surface area contributed by atoms with Crippen molar-refractivity contribution < 1.29 is 0 Å². The first-order valence-electron chi connectivity index (χ1n) is 9.11. The third kappa shape index (κ3) is 3.98. The second-order valence-corrected chi connectivity index (χ2v) is 7.51. The van der Waals surface area contributed by atoms with Crippen LogP contribution in [0.3, 0.4) is 0 Å². The van der Waals surface area contributed by atoms with E-state index in [0.717, 1.165) is 18.0 Å². The summed E-state index contributed by atoms with van der Waals surface area (Å²) in [7, 11) is 2.25. The topological polar surface area (TPSA) is 21.8 Å². The zero-order valence-electron chi connectivity index (χ0n) is 14.1. The van der Waals surface area contributed by atoms with Crippen LogP contribution in [-0.2, 0) is 0 Å². The minimum absolute atomic E-state index is 0.772. The van der Waals surface area contributed by atoms with Gasteiger partial charge in [-0.05, 0) is 52.2 Å². The van der Waals surface area contributed by atoms with Crippen molar-refractivity contribution in [2.24, 2.45) is 5.92 Å². The molecule has 21 heavy (non-hydrogen) atoms. The fourth-order valence-electron chi connectivity index (χ4n) is 4.47. The molecule has 0 aromatic rings. The highest BCUT2D eigenvalue weighted by molar-refractivity contribution is 4.91. The summed E-state index contributed by atoms with van der Waals surface area (Å²) in [5.41, 5.74) is 0. The summed E-state index contributed by atoms with van der Waals surface area (Å²) >= 11 is 0. The fraction of sp³-hybridized carbons (Fsp3) is 1.00. The lowest BCUT2D eigenvalue weighted by Gasteiger charge is -2.47. The van der Waals surface area contributed by atoms with Gasteiger partial charge in [0.05, 0.1) is 0 Å². The summed E-state index contributed by atoms with van der Waals surface area (Å²) in [5.74, 6) is 0.871. The van der Waals surface area contributed by atoms with Gasteiger partial charge < -0.3 is 15.1 Å². The normalized spacial score (nSPS) is 37.7. The summed E-state index contributed by atoms with van der Waals surface area (Å²) in [4.78, 5) is 8.01. The molecule has 0 spiro atoms. The average Bonchev–Trinajstić information content (AvgIpc) is 2.51. The maximum absolute atomic E-state index is 3.66. The van der Waals surface area contributed by atoms with E-state index in [4.69, 9.17) is 0 Å². The minimum atomic E-state index is 0.772. The van der Waals surface area contributed by atoms with Gasteiger partial charge >= 0.3 is 0 Å². The molecule has 0 amide bonds. The number of piperidine rings is 2. The summed E-state index contributed by atoms with van der Waals surface area (Å²) in [6.45, 7) is 12.5. The molecule has 0 bridgehead atoms. The standard InChI is InChI=1S/C17H34N4/c1-15-5-3-4-8-21(15)17-13-18-7-6-16(17)14-20-11-9-19(2)10-12-20/h15-18H,3-14H2,1-2H3. The van der Waals surface area contributed by atoms with Crippen LogP contribution in [0.5, 0.6) is 0 Å². The maximum atomic E-state index is 3.66.